The standard InChI is InChI=1S/C13H8BrF4N5/c14-10-6-19-22(7-10)12(15,16)13(17,18)23-8-11(20-21-23)9-4-2-1-3-5-9/h1-8H. The normalized spacial score (nSPS) is 12.6. The van der Waals surface area contributed by atoms with Crippen LogP contribution in [0.5, 0.6) is 0 Å². The third-order valence-corrected chi connectivity index (χ3v) is 3.46. The zero-order valence-corrected chi connectivity index (χ0v) is 12.8. The van der Waals surface area contributed by atoms with Gasteiger partial charge in [0.1, 0.15) is 5.69 Å². The fraction of sp³-hybridized carbons (Fsp3) is 0.154. The lowest BCUT2D eigenvalue weighted by Crippen LogP contribution is -2.45. The molecule has 2 aromatic heterocycles. The van der Waals surface area contributed by atoms with Crippen LogP contribution in [0.3, 0.4) is 0 Å². The van der Waals surface area contributed by atoms with Crippen LogP contribution in [-0.2, 0) is 12.1 Å². The first-order valence-electron chi connectivity index (χ1n) is 6.27. The van der Waals surface area contributed by atoms with Crippen LogP contribution in [0, 0.1) is 0 Å². The summed E-state index contributed by atoms with van der Waals surface area (Å²) in [7, 11) is 0. The largest absolute Gasteiger partial charge is 0.430 e. The highest BCUT2D eigenvalue weighted by molar-refractivity contribution is 9.10. The monoisotopic (exact) mass is 389 g/mol. The molecule has 10 heteroatoms. The van der Waals surface area contributed by atoms with E-state index in [0.29, 0.717) is 5.56 Å². The molecule has 2 heterocycles. The number of aromatic nitrogens is 5. The average molecular weight is 390 g/mol. The molecule has 0 saturated carbocycles. The molecule has 5 nitrogen and oxygen atoms in total. The van der Waals surface area contributed by atoms with E-state index in [9.17, 15) is 17.6 Å². The van der Waals surface area contributed by atoms with Gasteiger partial charge in [0.05, 0.1) is 16.9 Å². The molecule has 0 amide bonds. The summed E-state index contributed by atoms with van der Waals surface area (Å²) in [5, 5.41) is 9.89. The van der Waals surface area contributed by atoms with Gasteiger partial charge in [0.25, 0.3) is 0 Å². The van der Waals surface area contributed by atoms with Gasteiger partial charge in [-0.15, -0.1) is 5.10 Å². The molecule has 3 rings (SSSR count). The van der Waals surface area contributed by atoms with E-state index in [4.69, 9.17) is 0 Å². The van der Waals surface area contributed by atoms with Crippen LogP contribution in [0.15, 0.2) is 53.4 Å². The molecule has 3 aromatic rings. The van der Waals surface area contributed by atoms with Crippen molar-refractivity contribution in [3.8, 4) is 11.3 Å². The van der Waals surface area contributed by atoms with E-state index in [2.05, 4.69) is 31.3 Å². The highest BCUT2D eigenvalue weighted by Gasteiger charge is 2.61. The molecule has 0 atom stereocenters. The highest BCUT2D eigenvalue weighted by atomic mass is 79.9. The van der Waals surface area contributed by atoms with Gasteiger partial charge in [-0.3, -0.25) is 0 Å². The summed E-state index contributed by atoms with van der Waals surface area (Å²) >= 11 is 2.89. The van der Waals surface area contributed by atoms with Gasteiger partial charge >= 0.3 is 12.1 Å². The van der Waals surface area contributed by atoms with Crippen molar-refractivity contribution < 1.29 is 17.6 Å². The molecule has 0 aliphatic heterocycles. The van der Waals surface area contributed by atoms with Crippen LogP contribution in [0.1, 0.15) is 0 Å². The highest BCUT2D eigenvalue weighted by Crippen LogP contribution is 2.42. The third-order valence-electron chi connectivity index (χ3n) is 3.05. The van der Waals surface area contributed by atoms with Gasteiger partial charge in [-0.1, -0.05) is 35.5 Å². The molecule has 1 aromatic carbocycles. The topological polar surface area (TPSA) is 48.5 Å². The molecule has 0 bridgehead atoms. The van der Waals surface area contributed by atoms with E-state index in [1.54, 1.807) is 30.3 Å². The van der Waals surface area contributed by atoms with Crippen LogP contribution in [-0.4, -0.2) is 24.8 Å². The fourth-order valence-corrected chi connectivity index (χ4v) is 2.16. The van der Waals surface area contributed by atoms with Gasteiger partial charge < -0.3 is 0 Å². The van der Waals surface area contributed by atoms with Gasteiger partial charge in [0, 0.05) is 11.8 Å². The van der Waals surface area contributed by atoms with Gasteiger partial charge in [-0.25, -0.2) is 4.68 Å². The molecule has 120 valence electrons. The van der Waals surface area contributed by atoms with Crippen LogP contribution in [0.2, 0.25) is 0 Å². The van der Waals surface area contributed by atoms with E-state index in [1.165, 1.54) is 0 Å². The number of alkyl halides is 4. The summed E-state index contributed by atoms with van der Waals surface area (Å²) < 4.78 is 56.4. The van der Waals surface area contributed by atoms with E-state index in [-0.39, 0.29) is 19.5 Å². The second-order valence-electron chi connectivity index (χ2n) is 4.60. The second-order valence-corrected chi connectivity index (χ2v) is 5.52. The Labute approximate surface area is 135 Å². The molecule has 0 saturated heterocycles. The molecular formula is C13H8BrF4N5. The summed E-state index contributed by atoms with van der Waals surface area (Å²) in [6.07, 6.45) is 2.51. The number of halogens is 5. The predicted molar refractivity (Wildman–Crippen MR) is 75.8 cm³/mol. The molecule has 0 spiro atoms. The van der Waals surface area contributed by atoms with Crippen molar-refractivity contribution in [2.45, 2.75) is 12.1 Å². The zero-order valence-electron chi connectivity index (χ0n) is 11.2. The SMILES string of the molecule is FC(F)(n1cc(Br)cn1)C(F)(F)n1cc(-c2ccccc2)nn1. The Morgan fingerprint density at radius 2 is 1.57 bits per heavy atom. The number of hydrogen-bond acceptors (Lipinski definition) is 3. The molecule has 23 heavy (non-hydrogen) atoms. The molecule has 0 fully saturated rings. The third kappa shape index (κ3) is 2.62. The van der Waals surface area contributed by atoms with Crippen molar-refractivity contribution >= 4 is 15.9 Å². The Balaban J connectivity index is 1.98. The van der Waals surface area contributed by atoms with Crippen molar-refractivity contribution in [2.24, 2.45) is 0 Å². The number of hydrogen-bond donors (Lipinski definition) is 0. The zero-order chi connectivity index (χ0) is 16.7. The molecule has 0 radical (unpaired) electrons. The minimum atomic E-state index is -4.65. The maximum atomic E-state index is 14.2. The maximum Gasteiger partial charge on any atom is 0.430 e. The minimum absolute atomic E-state index is 0.0581. The Morgan fingerprint density at radius 1 is 0.913 bits per heavy atom. The first-order chi connectivity index (χ1) is 10.8. The van der Waals surface area contributed by atoms with E-state index < -0.39 is 12.1 Å². The quantitative estimate of drug-likeness (QED) is 0.639. The molecule has 0 unspecified atom stereocenters. The first-order valence-corrected chi connectivity index (χ1v) is 7.06. The van der Waals surface area contributed by atoms with Crippen molar-refractivity contribution in [3.05, 3.63) is 53.4 Å². The van der Waals surface area contributed by atoms with Crippen LogP contribution in [0.25, 0.3) is 11.3 Å². The number of rotatable bonds is 4. The summed E-state index contributed by atoms with van der Waals surface area (Å²) in [5.74, 6) is 0. The summed E-state index contributed by atoms with van der Waals surface area (Å²) in [6, 6.07) is -0.999. The molecular weight excluding hydrogens is 382 g/mol. The first kappa shape index (κ1) is 15.7. The van der Waals surface area contributed by atoms with Crippen LogP contribution < -0.4 is 0 Å². The number of benzene rings is 1. The van der Waals surface area contributed by atoms with Crippen LogP contribution >= 0.6 is 15.9 Å². The maximum absolute atomic E-state index is 14.2. The molecule has 0 N–H and O–H groups in total. The Bertz CT molecular complexity index is 815. The van der Waals surface area contributed by atoms with Crippen molar-refractivity contribution in [2.75, 3.05) is 0 Å². The van der Waals surface area contributed by atoms with Crippen LogP contribution in [0.4, 0.5) is 17.6 Å². The lowest BCUT2D eigenvalue weighted by atomic mass is 10.2. The molecule has 0 aliphatic rings. The predicted octanol–water partition coefficient (Wildman–Crippen LogP) is 3.70. The van der Waals surface area contributed by atoms with Crippen molar-refractivity contribution in [1.29, 1.82) is 0 Å². The summed E-state index contributed by atoms with van der Waals surface area (Å²) in [6.45, 7) is 0. The lowest BCUT2D eigenvalue weighted by Gasteiger charge is -2.25. The molecule has 0 aliphatic carbocycles. The Kier molecular flexibility index (Phi) is 3.71. The smallest absolute Gasteiger partial charge is 0.201 e. The average Bonchev–Trinajstić information content (AvgIpc) is 3.17. The Hall–Kier alpha value is -2.23. The van der Waals surface area contributed by atoms with Gasteiger partial charge in [0.2, 0.25) is 0 Å². The summed E-state index contributed by atoms with van der Waals surface area (Å²) in [4.78, 5) is 0. The van der Waals surface area contributed by atoms with Crippen molar-refractivity contribution in [1.82, 2.24) is 24.8 Å². The van der Waals surface area contributed by atoms with E-state index in [0.717, 1.165) is 18.6 Å². The minimum Gasteiger partial charge on any atom is -0.201 e. The number of nitrogens with zero attached hydrogens (tertiary/aromatic N) is 5. The lowest BCUT2D eigenvalue weighted by molar-refractivity contribution is -0.316. The van der Waals surface area contributed by atoms with Crippen molar-refractivity contribution in [3.63, 3.8) is 0 Å². The van der Waals surface area contributed by atoms with Gasteiger partial charge in [-0.2, -0.15) is 27.3 Å². The van der Waals surface area contributed by atoms with Gasteiger partial charge in [0.15, 0.2) is 0 Å². The van der Waals surface area contributed by atoms with Gasteiger partial charge in [-0.05, 0) is 15.9 Å². The van der Waals surface area contributed by atoms with E-state index >= 15 is 0 Å². The van der Waals surface area contributed by atoms with E-state index in [1.807, 2.05) is 0 Å². The second kappa shape index (κ2) is 5.44. The Morgan fingerprint density at radius 3 is 2.17 bits per heavy atom. The summed E-state index contributed by atoms with van der Waals surface area (Å²) in [5.41, 5.74) is 0.544. The fourth-order valence-electron chi connectivity index (χ4n) is 1.87.